The monoisotopic (exact) mass is 288 g/mol. The van der Waals surface area contributed by atoms with Crippen LogP contribution in [0.2, 0.25) is 0 Å². The molecule has 21 heavy (non-hydrogen) atoms. The molecule has 0 aromatic carbocycles. The van der Waals surface area contributed by atoms with Crippen LogP contribution in [0, 0.1) is 0 Å². The van der Waals surface area contributed by atoms with E-state index < -0.39 is 0 Å². The maximum atomic E-state index is 4.84. The zero-order valence-electron chi connectivity index (χ0n) is 13.8. The zero-order chi connectivity index (χ0) is 15.0. The van der Waals surface area contributed by atoms with Crippen molar-refractivity contribution in [2.24, 2.45) is 0 Å². The Morgan fingerprint density at radius 2 is 2.05 bits per heavy atom. The topological polar surface area (TPSA) is 31.4 Å². The van der Waals surface area contributed by atoms with E-state index in [4.69, 9.17) is 4.98 Å². The summed E-state index contributed by atoms with van der Waals surface area (Å²) in [7, 11) is 0. The van der Waals surface area contributed by atoms with Crippen LogP contribution < -0.4 is 10.2 Å². The van der Waals surface area contributed by atoms with E-state index >= 15 is 0 Å². The lowest BCUT2D eigenvalue weighted by Crippen LogP contribution is -2.55. The highest BCUT2D eigenvalue weighted by molar-refractivity contribution is 5.49. The molecule has 2 aliphatic rings. The summed E-state index contributed by atoms with van der Waals surface area (Å²) >= 11 is 0. The van der Waals surface area contributed by atoms with E-state index in [0.29, 0.717) is 6.04 Å². The van der Waals surface area contributed by atoms with Gasteiger partial charge in [0, 0.05) is 30.7 Å². The molecule has 2 fully saturated rings. The average molecular weight is 288 g/mol. The average Bonchev–Trinajstić information content (AvgIpc) is 2.83. The van der Waals surface area contributed by atoms with Crippen LogP contribution in [-0.2, 0) is 0 Å². The first-order chi connectivity index (χ1) is 9.92. The number of anilines is 2. The predicted molar refractivity (Wildman–Crippen MR) is 89.0 cm³/mol. The molecule has 1 aromatic heterocycles. The molecule has 2 saturated heterocycles. The van der Waals surface area contributed by atoms with Crippen molar-refractivity contribution in [1.82, 2.24) is 9.88 Å². The first-order valence-electron chi connectivity index (χ1n) is 8.18. The van der Waals surface area contributed by atoms with Gasteiger partial charge in [-0.15, -0.1) is 0 Å². The summed E-state index contributed by atoms with van der Waals surface area (Å²) in [6.07, 6.45) is 2.69. The highest BCUT2D eigenvalue weighted by Crippen LogP contribution is 2.28. The number of pyridine rings is 1. The van der Waals surface area contributed by atoms with Crippen molar-refractivity contribution >= 4 is 11.6 Å². The number of hydrogen-bond acceptors (Lipinski definition) is 4. The van der Waals surface area contributed by atoms with E-state index in [9.17, 15) is 0 Å². The van der Waals surface area contributed by atoms with Gasteiger partial charge in [0.15, 0.2) is 0 Å². The van der Waals surface area contributed by atoms with E-state index in [2.05, 4.69) is 61.0 Å². The van der Waals surface area contributed by atoms with Gasteiger partial charge in [-0.3, -0.25) is 4.90 Å². The van der Waals surface area contributed by atoms with E-state index in [1.165, 1.54) is 25.9 Å². The summed E-state index contributed by atoms with van der Waals surface area (Å²) in [4.78, 5) is 9.98. The fourth-order valence-electron chi connectivity index (χ4n) is 3.54. The van der Waals surface area contributed by atoms with Crippen LogP contribution in [0.3, 0.4) is 0 Å². The number of piperazine rings is 1. The van der Waals surface area contributed by atoms with Crippen LogP contribution in [0.25, 0.3) is 0 Å². The van der Waals surface area contributed by atoms with Crippen LogP contribution in [-0.4, -0.2) is 47.1 Å². The summed E-state index contributed by atoms with van der Waals surface area (Å²) in [6.45, 7) is 12.4. The number of rotatable bonds is 2. The number of fused-ring (bicyclic) bond motifs is 1. The van der Waals surface area contributed by atoms with Gasteiger partial charge in [-0.2, -0.15) is 0 Å². The summed E-state index contributed by atoms with van der Waals surface area (Å²) in [5.74, 6) is 2.09. The van der Waals surface area contributed by atoms with Crippen LogP contribution in [0.4, 0.5) is 11.6 Å². The second-order valence-electron chi connectivity index (χ2n) is 7.55. The second-order valence-corrected chi connectivity index (χ2v) is 7.55. The third kappa shape index (κ3) is 3.31. The third-order valence-electron chi connectivity index (χ3n) is 4.47. The molecule has 116 valence electrons. The molecule has 2 unspecified atom stereocenters. The molecular weight excluding hydrogens is 260 g/mol. The molecule has 0 amide bonds. The number of nitrogens with one attached hydrogen (secondary N) is 1. The van der Waals surface area contributed by atoms with Crippen LogP contribution >= 0.6 is 0 Å². The minimum Gasteiger partial charge on any atom is -0.365 e. The molecule has 0 aliphatic carbocycles. The zero-order valence-corrected chi connectivity index (χ0v) is 13.8. The lowest BCUT2D eigenvalue weighted by Gasteiger charge is -2.43. The Morgan fingerprint density at radius 1 is 1.24 bits per heavy atom. The van der Waals surface area contributed by atoms with Crippen molar-refractivity contribution in [3.05, 3.63) is 18.2 Å². The van der Waals surface area contributed by atoms with Crippen LogP contribution in [0.15, 0.2) is 18.2 Å². The molecule has 4 nitrogen and oxygen atoms in total. The van der Waals surface area contributed by atoms with Crippen molar-refractivity contribution in [1.29, 1.82) is 0 Å². The van der Waals surface area contributed by atoms with Gasteiger partial charge in [0.05, 0.1) is 0 Å². The molecule has 2 atom stereocenters. The van der Waals surface area contributed by atoms with E-state index in [-0.39, 0.29) is 5.54 Å². The molecule has 1 aromatic rings. The summed E-state index contributed by atoms with van der Waals surface area (Å²) < 4.78 is 0. The molecule has 0 radical (unpaired) electrons. The van der Waals surface area contributed by atoms with Gasteiger partial charge < -0.3 is 10.2 Å². The van der Waals surface area contributed by atoms with Crippen molar-refractivity contribution < 1.29 is 0 Å². The maximum Gasteiger partial charge on any atom is 0.131 e. The quantitative estimate of drug-likeness (QED) is 0.906. The van der Waals surface area contributed by atoms with Crippen molar-refractivity contribution in [2.75, 3.05) is 29.9 Å². The lowest BCUT2D eigenvalue weighted by atomic mass is 10.1. The highest BCUT2D eigenvalue weighted by atomic mass is 15.3. The van der Waals surface area contributed by atoms with Gasteiger partial charge >= 0.3 is 0 Å². The van der Waals surface area contributed by atoms with Gasteiger partial charge in [0.1, 0.15) is 11.6 Å². The number of aromatic nitrogens is 1. The summed E-state index contributed by atoms with van der Waals surface area (Å²) in [6, 6.07) is 7.59. The predicted octanol–water partition coefficient (Wildman–Crippen LogP) is 2.96. The Hall–Kier alpha value is -1.29. The number of hydrogen-bond donors (Lipinski definition) is 1. The first-order valence-corrected chi connectivity index (χ1v) is 8.18. The molecule has 2 aliphatic heterocycles. The molecule has 4 heteroatoms. The van der Waals surface area contributed by atoms with Crippen LogP contribution in [0.5, 0.6) is 0 Å². The molecule has 0 saturated carbocycles. The van der Waals surface area contributed by atoms with Gasteiger partial charge in [0.25, 0.3) is 0 Å². The minimum atomic E-state index is 0.0430. The molecular formula is C17H28N4. The second kappa shape index (κ2) is 5.48. The lowest BCUT2D eigenvalue weighted by molar-refractivity contribution is 0.202. The smallest absolute Gasteiger partial charge is 0.131 e. The van der Waals surface area contributed by atoms with Crippen molar-refractivity contribution in [3.63, 3.8) is 0 Å². The van der Waals surface area contributed by atoms with Crippen LogP contribution in [0.1, 0.15) is 40.5 Å². The maximum absolute atomic E-state index is 4.84. The molecule has 3 rings (SSSR count). The van der Waals surface area contributed by atoms with Gasteiger partial charge in [-0.25, -0.2) is 4.98 Å². The van der Waals surface area contributed by atoms with Crippen molar-refractivity contribution in [3.8, 4) is 0 Å². The molecule has 1 N–H and O–H groups in total. The van der Waals surface area contributed by atoms with Gasteiger partial charge in [-0.05, 0) is 59.2 Å². The Bertz CT molecular complexity index is 494. The fraction of sp³-hybridized carbons (Fsp3) is 0.706. The van der Waals surface area contributed by atoms with Gasteiger partial charge in [-0.1, -0.05) is 6.07 Å². The Kier molecular flexibility index (Phi) is 3.82. The SMILES string of the molecule is CC1CN2CCCC2CN1c1cccc(NC(C)(C)C)n1. The van der Waals surface area contributed by atoms with E-state index in [0.717, 1.165) is 24.2 Å². The fourth-order valence-corrected chi connectivity index (χ4v) is 3.54. The van der Waals surface area contributed by atoms with Crippen molar-refractivity contribution in [2.45, 2.75) is 58.2 Å². The molecule has 0 spiro atoms. The number of nitrogens with zero attached hydrogens (tertiary/aromatic N) is 3. The molecule has 3 heterocycles. The minimum absolute atomic E-state index is 0.0430. The first kappa shape index (κ1) is 14.6. The summed E-state index contributed by atoms with van der Waals surface area (Å²) in [5.41, 5.74) is 0.0430. The third-order valence-corrected chi connectivity index (χ3v) is 4.47. The van der Waals surface area contributed by atoms with Gasteiger partial charge in [0.2, 0.25) is 0 Å². The normalized spacial score (nSPS) is 26.8. The Morgan fingerprint density at radius 3 is 2.81 bits per heavy atom. The Labute approximate surface area is 128 Å². The highest BCUT2D eigenvalue weighted by Gasteiger charge is 2.34. The van der Waals surface area contributed by atoms with E-state index in [1.54, 1.807) is 0 Å². The van der Waals surface area contributed by atoms with E-state index in [1.807, 2.05) is 0 Å². The largest absolute Gasteiger partial charge is 0.365 e. The summed E-state index contributed by atoms with van der Waals surface area (Å²) in [5, 5.41) is 3.47. The molecule has 0 bridgehead atoms. The standard InChI is InChI=1S/C17H28N4/c1-13-11-20-10-6-7-14(20)12-21(13)16-9-5-8-15(18-16)19-17(2,3)4/h5,8-9,13-14H,6-7,10-12H2,1-4H3,(H,18,19). The Balaban J connectivity index is 1.78.